The number of rotatable bonds is 3. The molecule has 4 heteroatoms. The molecule has 3 N–H and O–H groups in total. The summed E-state index contributed by atoms with van der Waals surface area (Å²) in [6.45, 7) is 3.91. The molecular formula is C15H16BrFN2. The maximum Gasteiger partial charge on any atom is 0.123 e. The second-order valence-electron chi connectivity index (χ2n) is 4.61. The van der Waals surface area contributed by atoms with Gasteiger partial charge in [-0.25, -0.2) is 9.82 Å². The standard InChI is InChI=1S/C15H16BrFN2/c1-9-3-4-11(8-14(9)16)15(19-18)13-6-5-12(17)7-10(13)2/h3-8,15,19H,18H2,1-2H3. The summed E-state index contributed by atoms with van der Waals surface area (Å²) in [6.07, 6.45) is 0. The van der Waals surface area contributed by atoms with Gasteiger partial charge in [0.1, 0.15) is 5.82 Å². The van der Waals surface area contributed by atoms with Crippen LogP contribution >= 0.6 is 15.9 Å². The van der Waals surface area contributed by atoms with Crippen LogP contribution in [0.1, 0.15) is 28.3 Å². The van der Waals surface area contributed by atoms with E-state index in [1.807, 2.05) is 32.0 Å². The summed E-state index contributed by atoms with van der Waals surface area (Å²) in [5.41, 5.74) is 6.84. The third kappa shape index (κ3) is 3.03. The minimum atomic E-state index is -0.234. The molecule has 0 aliphatic heterocycles. The molecule has 2 aromatic rings. The molecule has 1 unspecified atom stereocenters. The molecule has 0 fully saturated rings. The first-order valence-corrected chi connectivity index (χ1v) is 6.80. The Hall–Kier alpha value is -1.23. The summed E-state index contributed by atoms with van der Waals surface area (Å²) in [7, 11) is 0. The van der Waals surface area contributed by atoms with Crippen molar-refractivity contribution in [3.8, 4) is 0 Å². The van der Waals surface area contributed by atoms with E-state index in [1.165, 1.54) is 12.1 Å². The SMILES string of the molecule is Cc1ccc(C(NN)c2ccc(F)cc2C)cc1Br. The Morgan fingerprint density at radius 1 is 1.11 bits per heavy atom. The first-order valence-electron chi connectivity index (χ1n) is 6.01. The monoisotopic (exact) mass is 322 g/mol. The van der Waals surface area contributed by atoms with Crippen LogP contribution in [-0.4, -0.2) is 0 Å². The summed E-state index contributed by atoms with van der Waals surface area (Å²) in [5, 5.41) is 0. The highest BCUT2D eigenvalue weighted by molar-refractivity contribution is 9.10. The molecule has 19 heavy (non-hydrogen) atoms. The molecule has 2 rings (SSSR count). The van der Waals surface area contributed by atoms with Crippen LogP contribution in [0.15, 0.2) is 40.9 Å². The number of hydrazine groups is 1. The lowest BCUT2D eigenvalue weighted by Crippen LogP contribution is -2.29. The van der Waals surface area contributed by atoms with Crippen LogP contribution in [0.25, 0.3) is 0 Å². The third-order valence-electron chi connectivity index (χ3n) is 3.24. The molecule has 0 saturated heterocycles. The predicted molar refractivity (Wildman–Crippen MR) is 79.2 cm³/mol. The Labute approximate surface area is 120 Å². The van der Waals surface area contributed by atoms with Crippen molar-refractivity contribution in [2.75, 3.05) is 0 Å². The van der Waals surface area contributed by atoms with Crippen LogP contribution < -0.4 is 11.3 Å². The molecule has 0 radical (unpaired) electrons. The van der Waals surface area contributed by atoms with E-state index in [4.69, 9.17) is 5.84 Å². The van der Waals surface area contributed by atoms with E-state index >= 15 is 0 Å². The topological polar surface area (TPSA) is 38.0 Å². The van der Waals surface area contributed by atoms with Crippen LogP contribution in [0.4, 0.5) is 4.39 Å². The number of halogens is 2. The zero-order valence-corrected chi connectivity index (χ0v) is 12.5. The van der Waals surface area contributed by atoms with Crippen LogP contribution in [0.2, 0.25) is 0 Å². The van der Waals surface area contributed by atoms with Gasteiger partial charge in [0, 0.05) is 4.47 Å². The normalized spacial score (nSPS) is 12.5. The van der Waals surface area contributed by atoms with Crippen molar-refractivity contribution in [2.45, 2.75) is 19.9 Å². The molecule has 1 atom stereocenters. The number of hydrogen-bond donors (Lipinski definition) is 2. The van der Waals surface area contributed by atoms with Crippen molar-refractivity contribution in [1.82, 2.24) is 5.43 Å². The van der Waals surface area contributed by atoms with Gasteiger partial charge in [0.05, 0.1) is 6.04 Å². The average molecular weight is 323 g/mol. The summed E-state index contributed by atoms with van der Waals surface area (Å²) in [6, 6.07) is 10.7. The Bertz CT molecular complexity index is 599. The van der Waals surface area contributed by atoms with Gasteiger partial charge < -0.3 is 0 Å². The van der Waals surface area contributed by atoms with Crippen molar-refractivity contribution in [3.63, 3.8) is 0 Å². The second-order valence-corrected chi connectivity index (χ2v) is 5.46. The van der Waals surface area contributed by atoms with Crippen molar-refractivity contribution in [1.29, 1.82) is 0 Å². The minimum Gasteiger partial charge on any atom is -0.271 e. The number of hydrogen-bond acceptors (Lipinski definition) is 2. The highest BCUT2D eigenvalue weighted by atomic mass is 79.9. The molecule has 100 valence electrons. The van der Waals surface area contributed by atoms with Gasteiger partial charge in [-0.15, -0.1) is 0 Å². The Morgan fingerprint density at radius 3 is 2.42 bits per heavy atom. The Kier molecular flexibility index (Phi) is 4.34. The van der Waals surface area contributed by atoms with E-state index in [0.29, 0.717) is 0 Å². The maximum atomic E-state index is 13.2. The molecular weight excluding hydrogens is 307 g/mol. The van der Waals surface area contributed by atoms with E-state index in [9.17, 15) is 4.39 Å². The largest absolute Gasteiger partial charge is 0.271 e. The van der Waals surface area contributed by atoms with E-state index in [0.717, 1.165) is 26.7 Å². The number of aryl methyl sites for hydroxylation is 2. The highest BCUT2D eigenvalue weighted by Crippen LogP contribution is 2.28. The van der Waals surface area contributed by atoms with E-state index in [2.05, 4.69) is 21.4 Å². The quantitative estimate of drug-likeness (QED) is 0.667. The number of benzene rings is 2. The summed E-state index contributed by atoms with van der Waals surface area (Å²) in [5.74, 6) is 5.44. The summed E-state index contributed by atoms with van der Waals surface area (Å²) < 4.78 is 14.2. The smallest absolute Gasteiger partial charge is 0.123 e. The molecule has 0 aliphatic carbocycles. The Morgan fingerprint density at radius 2 is 1.84 bits per heavy atom. The van der Waals surface area contributed by atoms with Crippen LogP contribution in [0.5, 0.6) is 0 Å². The fourth-order valence-electron chi connectivity index (χ4n) is 2.12. The van der Waals surface area contributed by atoms with E-state index in [1.54, 1.807) is 6.07 Å². The second kappa shape index (κ2) is 5.82. The lowest BCUT2D eigenvalue weighted by molar-refractivity contribution is 0.612. The zero-order valence-electron chi connectivity index (χ0n) is 10.9. The van der Waals surface area contributed by atoms with Gasteiger partial charge in [0.25, 0.3) is 0 Å². The summed E-state index contributed by atoms with van der Waals surface area (Å²) >= 11 is 3.52. The Balaban J connectivity index is 2.46. The molecule has 0 aliphatic rings. The highest BCUT2D eigenvalue weighted by Gasteiger charge is 2.15. The minimum absolute atomic E-state index is 0.155. The lowest BCUT2D eigenvalue weighted by atomic mass is 9.95. The zero-order chi connectivity index (χ0) is 14.0. The van der Waals surface area contributed by atoms with Crippen LogP contribution in [0, 0.1) is 19.7 Å². The molecule has 0 aromatic heterocycles. The van der Waals surface area contributed by atoms with Crippen LogP contribution in [0.3, 0.4) is 0 Å². The van der Waals surface area contributed by atoms with Gasteiger partial charge in [-0.3, -0.25) is 5.84 Å². The van der Waals surface area contributed by atoms with Crippen LogP contribution in [-0.2, 0) is 0 Å². The van der Waals surface area contributed by atoms with Crippen molar-refractivity contribution in [3.05, 3.63) is 68.9 Å². The van der Waals surface area contributed by atoms with Gasteiger partial charge >= 0.3 is 0 Å². The fraction of sp³-hybridized carbons (Fsp3) is 0.200. The number of nitrogens with one attached hydrogen (secondary N) is 1. The van der Waals surface area contributed by atoms with Gasteiger partial charge in [0.15, 0.2) is 0 Å². The molecule has 0 bridgehead atoms. The van der Waals surface area contributed by atoms with Gasteiger partial charge in [-0.2, -0.15) is 0 Å². The number of nitrogens with two attached hydrogens (primary N) is 1. The average Bonchev–Trinajstić information content (AvgIpc) is 2.37. The molecule has 2 aromatic carbocycles. The third-order valence-corrected chi connectivity index (χ3v) is 4.09. The molecule has 0 amide bonds. The molecule has 2 nitrogen and oxygen atoms in total. The predicted octanol–water partition coefficient (Wildman–Crippen LogP) is 3.76. The van der Waals surface area contributed by atoms with Crippen molar-refractivity contribution >= 4 is 15.9 Å². The first-order chi connectivity index (χ1) is 9.02. The van der Waals surface area contributed by atoms with Crippen molar-refractivity contribution < 1.29 is 4.39 Å². The molecule has 0 heterocycles. The van der Waals surface area contributed by atoms with Crippen molar-refractivity contribution in [2.24, 2.45) is 5.84 Å². The molecule has 0 saturated carbocycles. The first kappa shape index (κ1) is 14.2. The van der Waals surface area contributed by atoms with Gasteiger partial charge in [-0.05, 0) is 54.3 Å². The maximum absolute atomic E-state index is 13.2. The van der Waals surface area contributed by atoms with Gasteiger partial charge in [-0.1, -0.05) is 34.1 Å². The van der Waals surface area contributed by atoms with E-state index in [-0.39, 0.29) is 11.9 Å². The lowest BCUT2D eigenvalue weighted by Gasteiger charge is -2.20. The molecule has 0 spiro atoms. The fourth-order valence-corrected chi connectivity index (χ4v) is 2.51. The summed E-state index contributed by atoms with van der Waals surface area (Å²) in [4.78, 5) is 0. The van der Waals surface area contributed by atoms with E-state index < -0.39 is 0 Å². The van der Waals surface area contributed by atoms with Gasteiger partial charge in [0.2, 0.25) is 0 Å².